The van der Waals surface area contributed by atoms with E-state index in [9.17, 15) is 5.11 Å². The van der Waals surface area contributed by atoms with Gasteiger partial charge in [0.25, 0.3) is 0 Å². The van der Waals surface area contributed by atoms with Gasteiger partial charge in [0.2, 0.25) is 0 Å². The summed E-state index contributed by atoms with van der Waals surface area (Å²) < 4.78 is 0. The molecule has 0 spiro atoms. The number of rotatable bonds is 4. The smallest absolute Gasteiger partial charge is 0.153 e. The third kappa shape index (κ3) is 4.02. The van der Waals surface area contributed by atoms with Gasteiger partial charge in [0.1, 0.15) is 11.4 Å². The first-order valence-electron chi connectivity index (χ1n) is 10.5. The average molecular weight is 431 g/mol. The zero-order valence-electron chi connectivity index (χ0n) is 18.0. The van der Waals surface area contributed by atoms with Gasteiger partial charge in [-0.05, 0) is 65.0 Å². The fourth-order valence-electron chi connectivity index (χ4n) is 3.80. The molecule has 0 aliphatic rings. The predicted molar refractivity (Wildman–Crippen MR) is 134 cm³/mol. The highest BCUT2D eigenvalue weighted by molar-refractivity contribution is 6.05. The molecule has 0 aromatic heterocycles. The number of fused-ring (bicyclic) bond motifs is 2. The molecule has 3 N–H and O–H groups in total. The molecule has 0 aliphatic heterocycles. The number of benzene rings is 5. The Bertz CT molecular complexity index is 1540. The van der Waals surface area contributed by atoms with Crippen LogP contribution >= 0.6 is 0 Å². The lowest BCUT2D eigenvalue weighted by Gasteiger charge is -2.11. The molecule has 33 heavy (non-hydrogen) atoms. The van der Waals surface area contributed by atoms with Crippen LogP contribution in [0.4, 0.5) is 28.4 Å². The quantitative estimate of drug-likeness (QED) is 0.221. The zero-order valence-corrected chi connectivity index (χ0v) is 18.0. The SMILES string of the molecule is Cc1cc2ccc(N=Nc3ccccc3)c(O)c2c(N)c1N=Nc1ccc2ccccc2c1. The standard InChI is InChI=1S/C27H21N5O/c1-17-15-20-12-14-23(31-29-21-9-3-2-4-10-21)27(33)24(20)25(28)26(17)32-30-22-13-11-18-7-5-6-8-19(18)16-22/h2-16,33H,28H2,1H3. The van der Waals surface area contributed by atoms with Gasteiger partial charge in [0.05, 0.1) is 22.4 Å². The van der Waals surface area contributed by atoms with Crippen molar-refractivity contribution in [2.45, 2.75) is 6.92 Å². The molecule has 0 radical (unpaired) electrons. The van der Waals surface area contributed by atoms with Gasteiger partial charge in [-0.15, -0.1) is 10.2 Å². The van der Waals surface area contributed by atoms with Crippen LogP contribution in [0.2, 0.25) is 0 Å². The van der Waals surface area contributed by atoms with E-state index in [1.54, 1.807) is 6.07 Å². The lowest BCUT2D eigenvalue weighted by molar-refractivity contribution is 0.483. The highest BCUT2D eigenvalue weighted by Gasteiger charge is 2.15. The second kappa shape index (κ2) is 8.51. The summed E-state index contributed by atoms with van der Waals surface area (Å²) in [5, 5.41) is 31.7. The Morgan fingerprint density at radius 1 is 0.636 bits per heavy atom. The molecule has 0 saturated heterocycles. The summed E-state index contributed by atoms with van der Waals surface area (Å²) in [5.41, 5.74) is 9.95. The van der Waals surface area contributed by atoms with Crippen LogP contribution in [0.25, 0.3) is 21.5 Å². The maximum absolute atomic E-state index is 10.9. The fourth-order valence-corrected chi connectivity index (χ4v) is 3.80. The minimum absolute atomic E-state index is 0.0353. The number of phenols is 1. The third-order valence-corrected chi connectivity index (χ3v) is 5.49. The Morgan fingerprint density at radius 3 is 2.15 bits per heavy atom. The van der Waals surface area contributed by atoms with E-state index in [0.717, 1.165) is 27.4 Å². The van der Waals surface area contributed by atoms with Crippen molar-refractivity contribution in [3.63, 3.8) is 0 Å². The largest absolute Gasteiger partial charge is 0.505 e. The van der Waals surface area contributed by atoms with Crippen molar-refractivity contribution in [3.05, 3.63) is 96.6 Å². The van der Waals surface area contributed by atoms with Crippen LogP contribution in [0, 0.1) is 6.92 Å². The number of nitrogen functional groups attached to an aromatic ring is 1. The molecule has 6 heteroatoms. The normalized spacial score (nSPS) is 11.8. The highest BCUT2D eigenvalue weighted by Crippen LogP contribution is 2.44. The summed E-state index contributed by atoms with van der Waals surface area (Å²) in [6, 6.07) is 28.8. The topological polar surface area (TPSA) is 95.7 Å². The molecule has 5 aromatic carbocycles. The molecule has 6 nitrogen and oxygen atoms in total. The van der Waals surface area contributed by atoms with E-state index < -0.39 is 0 Å². The van der Waals surface area contributed by atoms with Crippen LogP contribution < -0.4 is 5.73 Å². The average Bonchev–Trinajstić information content (AvgIpc) is 2.84. The van der Waals surface area contributed by atoms with Gasteiger partial charge in [0, 0.05) is 0 Å². The molecule has 0 fully saturated rings. The van der Waals surface area contributed by atoms with Crippen molar-refractivity contribution in [2.75, 3.05) is 5.73 Å². The lowest BCUT2D eigenvalue weighted by Crippen LogP contribution is -1.91. The molecule has 0 saturated carbocycles. The molecular weight excluding hydrogens is 410 g/mol. The van der Waals surface area contributed by atoms with E-state index in [2.05, 4.69) is 26.5 Å². The zero-order chi connectivity index (χ0) is 22.8. The number of nitrogens with zero attached hydrogens (tertiary/aromatic N) is 4. The molecule has 0 aliphatic carbocycles. The first kappa shape index (κ1) is 20.3. The van der Waals surface area contributed by atoms with Crippen molar-refractivity contribution in [2.24, 2.45) is 20.5 Å². The fraction of sp³-hybridized carbons (Fsp3) is 0.0370. The summed E-state index contributed by atoms with van der Waals surface area (Å²) in [5.74, 6) is -0.0353. The summed E-state index contributed by atoms with van der Waals surface area (Å²) >= 11 is 0. The van der Waals surface area contributed by atoms with E-state index in [-0.39, 0.29) is 5.75 Å². The van der Waals surface area contributed by atoms with E-state index in [1.807, 2.05) is 85.8 Å². The lowest BCUT2D eigenvalue weighted by atomic mass is 10.0. The molecule has 5 rings (SSSR count). The van der Waals surface area contributed by atoms with Crippen LogP contribution in [0.5, 0.6) is 5.75 Å². The Morgan fingerprint density at radius 2 is 1.33 bits per heavy atom. The number of aromatic hydroxyl groups is 1. The second-order valence-corrected chi connectivity index (χ2v) is 7.75. The van der Waals surface area contributed by atoms with Crippen molar-refractivity contribution in [1.29, 1.82) is 0 Å². The molecule has 5 aromatic rings. The third-order valence-electron chi connectivity index (χ3n) is 5.49. The van der Waals surface area contributed by atoms with Gasteiger partial charge in [-0.1, -0.05) is 54.6 Å². The van der Waals surface area contributed by atoms with Crippen LogP contribution in [0.15, 0.2) is 111 Å². The van der Waals surface area contributed by atoms with Crippen molar-refractivity contribution < 1.29 is 5.11 Å². The molecule has 0 heterocycles. The van der Waals surface area contributed by atoms with E-state index in [1.165, 1.54) is 0 Å². The Kier molecular flexibility index (Phi) is 5.24. The summed E-state index contributed by atoms with van der Waals surface area (Å²) in [6.45, 7) is 1.92. The number of hydrogen-bond acceptors (Lipinski definition) is 6. The van der Waals surface area contributed by atoms with Gasteiger partial charge in [-0.25, -0.2) is 0 Å². The Labute approximate surface area is 190 Å². The number of phenolic OH excluding ortho intramolecular Hbond substituents is 1. The number of azo groups is 2. The van der Waals surface area contributed by atoms with E-state index >= 15 is 0 Å². The monoisotopic (exact) mass is 431 g/mol. The molecule has 0 atom stereocenters. The van der Waals surface area contributed by atoms with Gasteiger partial charge < -0.3 is 10.8 Å². The number of anilines is 1. The summed E-state index contributed by atoms with van der Waals surface area (Å²) in [7, 11) is 0. The van der Waals surface area contributed by atoms with Crippen molar-refractivity contribution in [3.8, 4) is 5.75 Å². The van der Waals surface area contributed by atoms with Crippen molar-refractivity contribution in [1.82, 2.24) is 0 Å². The summed E-state index contributed by atoms with van der Waals surface area (Å²) in [4.78, 5) is 0. The van der Waals surface area contributed by atoms with Crippen LogP contribution in [-0.2, 0) is 0 Å². The van der Waals surface area contributed by atoms with Crippen LogP contribution in [0.3, 0.4) is 0 Å². The van der Waals surface area contributed by atoms with Gasteiger partial charge >= 0.3 is 0 Å². The van der Waals surface area contributed by atoms with Crippen LogP contribution in [0.1, 0.15) is 5.56 Å². The molecule has 0 unspecified atom stereocenters. The number of aryl methyl sites for hydroxylation is 1. The summed E-state index contributed by atoms with van der Waals surface area (Å²) in [6.07, 6.45) is 0. The maximum atomic E-state index is 10.9. The maximum Gasteiger partial charge on any atom is 0.153 e. The number of hydrogen-bond donors (Lipinski definition) is 2. The molecular formula is C27H21N5O. The molecule has 0 bridgehead atoms. The predicted octanol–water partition coefficient (Wildman–Crippen LogP) is 8.42. The first-order valence-corrected chi connectivity index (χ1v) is 10.5. The minimum Gasteiger partial charge on any atom is -0.505 e. The van der Waals surface area contributed by atoms with Gasteiger partial charge in [0.15, 0.2) is 5.75 Å². The number of nitrogens with two attached hydrogens (primary N) is 1. The van der Waals surface area contributed by atoms with E-state index in [0.29, 0.717) is 28.1 Å². The Hall–Kier alpha value is -4.58. The van der Waals surface area contributed by atoms with Gasteiger partial charge in [-0.2, -0.15) is 10.2 Å². The molecule has 160 valence electrons. The van der Waals surface area contributed by atoms with Gasteiger partial charge in [-0.3, -0.25) is 0 Å². The highest BCUT2D eigenvalue weighted by atomic mass is 16.3. The Balaban J connectivity index is 1.55. The minimum atomic E-state index is -0.0353. The second-order valence-electron chi connectivity index (χ2n) is 7.75. The first-order chi connectivity index (χ1) is 16.1. The van der Waals surface area contributed by atoms with E-state index in [4.69, 9.17) is 5.73 Å². The molecule has 0 amide bonds. The van der Waals surface area contributed by atoms with Crippen LogP contribution in [-0.4, -0.2) is 5.11 Å². The van der Waals surface area contributed by atoms with Crippen molar-refractivity contribution >= 4 is 50.0 Å².